The molecule has 0 unspecified atom stereocenters. The number of amides is 1. The molecule has 1 saturated heterocycles. The summed E-state index contributed by atoms with van der Waals surface area (Å²) >= 11 is 1.53. The molecule has 1 aromatic heterocycles. The first kappa shape index (κ1) is 21.7. The molecule has 0 saturated carbocycles. The number of piperazine rings is 1. The second kappa shape index (κ2) is 9.69. The summed E-state index contributed by atoms with van der Waals surface area (Å²) in [5.41, 5.74) is 1.79. The zero-order chi connectivity index (χ0) is 20.9. The average molecular weight is 438 g/mol. The number of carbonyl (C=O) groups is 1. The number of aromatic nitrogens is 1. The molecule has 158 valence electrons. The molecule has 3 rings (SSSR count). The molecule has 0 bridgehead atoms. The van der Waals surface area contributed by atoms with Crippen LogP contribution in [0.5, 0.6) is 5.75 Å². The summed E-state index contributed by atoms with van der Waals surface area (Å²) in [6.45, 7) is 5.77. The predicted octanol–water partition coefficient (Wildman–Crippen LogP) is 1.94. The maximum absolute atomic E-state index is 12.6. The van der Waals surface area contributed by atoms with Gasteiger partial charge in [-0.3, -0.25) is 9.69 Å². The van der Waals surface area contributed by atoms with Crippen LogP contribution < -0.4 is 4.74 Å². The van der Waals surface area contributed by atoms with Gasteiger partial charge in [0.2, 0.25) is 5.91 Å². The Balaban J connectivity index is 1.50. The number of carbonyl (C=O) groups excluding carboxylic acids is 1. The third kappa shape index (κ3) is 6.52. The SMILES string of the molecule is CCOc1ccc(-c2nc(CC(=O)N3CCN(CCS(C)(=O)=O)CC3)cs2)cc1. The van der Waals surface area contributed by atoms with Crippen molar-refractivity contribution in [3.63, 3.8) is 0 Å². The van der Waals surface area contributed by atoms with Gasteiger partial charge in [0.05, 0.1) is 24.5 Å². The summed E-state index contributed by atoms with van der Waals surface area (Å²) in [6.07, 6.45) is 1.54. The van der Waals surface area contributed by atoms with Crippen molar-refractivity contribution in [2.75, 3.05) is 51.3 Å². The molecule has 0 atom stereocenters. The molecular weight excluding hydrogens is 410 g/mol. The van der Waals surface area contributed by atoms with E-state index in [1.54, 1.807) is 0 Å². The zero-order valence-corrected chi connectivity index (χ0v) is 18.5. The van der Waals surface area contributed by atoms with Crippen LogP contribution in [-0.4, -0.2) is 80.4 Å². The summed E-state index contributed by atoms with van der Waals surface area (Å²) < 4.78 is 28.1. The van der Waals surface area contributed by atoms with Crippen molar-refractivity contribution in [1.29, 1.82) is 0 Å². The van der Waals surface area contributed by atoms with Crippen molar-refractivity contribution in [2.45, 2.75) is 13.3 Å². The Bertz CT molecular complexity index is 917. The molecule has 9 heteroatoms. The number of benzene rings is 1. The lowest BCUT2D eigenvalue weighted by Crippen LogP contribution is -2.50. The van der Waals surface area contributed by atoms with E-state index in [4.69, 9.17) is 4.74 Å². The topological polar surface area (TPSA) is 79.8 Å². The number of hydrogen-bond acceptors (Lipinski definition) is 7. The first-order valence-electron chi connectivity index (χ1n) is 9.69. The molecule has 2 aromatic rings. The van der Waals surface area contributed by atoms with Gasteiger partial charge in [0.1, 0.15) is 20.6 Å². The van der Waals surface area contributed by atoms with Crippen molar-refractivity contribution in [3.05, 3.63) is 35.3 Å². The van der Waals surface area contributed by atoms with Crippen molar-refractivity contribution in [2.24, 2.45) is 0 Å². The Hall–Kier alpha value is -1.97. The van der Waals surface area contributed by atoms with Crippen molar-refractivity contribution in [1.82, 2.24) is 14.8 Å². The van der Waals surface area contributed by atoms with Gasteiger partial charge in [-0.1, -0.05) is 0 Å². The van der Waals surface area contributed by atoms with E-state index in [2.05, 4.69) is 9.88 Å². The van der Waals surface area contributed by atoms with Crippen LogP contribution in [-0.2, 0) is 21.1 Å². The standard InChI is InChI=1S/C20H27N3O4S2/c1-3-27-18-6-4-16(5-7-18)20-21-17(15-28-20)14-19(24)23-10-8-22(9-11-23)12-13-29(2,25)26/h4-7,15H,3,8-14H2,1-2H3. The van der Waals surface area contributed by atoms with E-state index in [-0.39, 0.29) is 18.1 Å². The summed E-state index contributed by atoms with van der Waals surface area (Å²) in [4.78, 5) is 21.2. The molecule has 1 aliphatic heterocycles. The first-order valence-corrected chi connectivity index (χ1v) is 12.6. The highest BCUT2D eigenvalue weighted by atomic mass is 32.2. The van der Waals surface area contributed by atoms with Crippen LogP contribution in [0.15, 0.2) is 29.6 Å². The average Bonchev–Trinajstić information content (AvgIpc) is 3.15. The molecule has 1 aromatic carbocycles. The van der Waals surface area contributed by atoms with Crippen molar-refractivity contribution in [3.8, 4) is 16.3 Å². The monoisotopic (exact) mass is 437 g/mol. The van der Waals surface area contributed by atoms with E-state index in [0.29, 0.717) is 39.3 Å². The lowest BCUT2D eigenvalue weighted by molar-refractivity contribution is -0.132. The molecular formula is C20H27N3O4S2. The third-order valence-electron chi connectivity index (χ3n) is 4.80. The summed E-state index contributed by atoms with van der Waals surface area (Å²) in [5, 5.41) is 2.83. The van der Waals surface area contributed by atoms with E-state index in [1.807, 2.05) is 41.5 Å². The molecule has 0 aliphatic carbocycles. The molecule has 0 N–H and O–H groups in total. The van der Waals surface area contributed by atoms with Gasteiger partial charge in [-0.15, -0.1) is 11.3 Å². The first-order chi connectivity index (χ1) is 13.8. The van der Waals surface area contributed by atoms with Gasteiger partial charge in [0, 0.05) is 49.9 Å². The minimum atomic E-state index is -2.96. The maximum atomic E-state index is 12.6. The van der Waals surface area contributed by atoms with Crippen LogP contribution >= 0.6 is 11.3 Å². The minimum Gasteiger partial charge on any atom is -0.494 e. The van der Waals surface area contributed by atoms with Crippen LogP contribution in [0.3, 0.4) is 0 Å². The smallest absolute Gasteiger partial charge is 0.228 e. The van der Waals surface area contributed by atoms with Gasteiger partial charge in [0.25, 0.3) is 0 Å². The fourth-order valence-corrected chi connectivity index (χ4v) is 4.58. The number of nitrogens with zero attached hydrogens (tertiary/aromatic N) is 3. The van der Waals surface area contributed by atoms with Gasteiger partial charge < -0.3 is 9.64 Å². The van der Waals surface area contributed by atoms with Gasteiger partial charge in [0.15, 0.2) is 0 Å². The van der Waals surface area contributed by atoms with E-state index < -0.39 is 9.84 Å². The fraction of sp³-hybridized carbons (Fsp3) is 0.500. The van der Waals surface area contributed by atoms with Crippen LogP contribution in [0.2, 0.25) is 0 Å². The van der Waals surface area contributed by atoms with E-state index in [1.165, 1.54) is 17.6 Å². The van der Waals surface area contributed by atoms with E-state index in [0.717, 1.165) is 22.0 Å². The number of ether oxygens (including phenoxy) is 1. The molecule has 7 nitrogen and oxygen atoms in total. The predicted molar refractivity (Wildman–Crippen MR) is 115 cm³/mol. The Morgan fingerprint density at radius 2 is 1.86 bits per heavy atom. The Labute approximate surface area is 176 Å². The van der Waals surface area contributed by atoms with Crippen LogP contribution in [0.25, 0.3) is 10.6 Å². The number of thiazole rings is 1. The highest BCUT2D eigenvalue weighted by Crippen LogP contribution is 2.26. The number of sulfone groups is 1. The van der Waals surface area contributed by atoms with Crippen LogP contribution in [0.1, 0.15) is 12.6 Å². The molecule has 1 aliphatic rings. The Morgan fingerprint density at radius 1 is 1.17 bits per heavy atom. The summed E-state index contributed by atoms with van der Waals surface area (Å²) in [7, 11) is -2.96. The van der Waals surface area contributed by atoms with Crippen molar-refractivity contribution < 1.29 is 17.9 Å². The number of rotatable bonds is 8. The molecule has 29 heavy (non-hydrogen) atoms. The quantitative estimate of drug-likeness (QED) is 0.628. The molecule has 0 radical (unpaired) electrons. The Kier molecular flexibility index (Phi) is 7.26. The number of hydrogen-bond donors (Lipinski definition) is 0. The van der Waals surface area contributed by atoms with Gasteiger partial charge in [-0.05, 0) is 31.2 Å². The van der Waals surface area contributed by atoms with Gasteiger partial charge in [-0.2, -0.15) is 0 Å². The van der Waals surface area contributed by atoms with Crippen LogP contribution in [0.4, 0.5) is 0 Å². The molecule has 0 spiro atoms. The van der Waals surface area contributed by atoms with Crippen LogP contribution in [0, 0.1) is 0 Å². The highest BCUT2D eigenvalue weighted by molar-refractivity contribution is 7.90. The second-order valence-electron chi connectivity index (χ2n) is 7.13. The second-order valence-corrected chi connectivity index (χ2v) is 10.2. The van der Waals surface area contributed by atoms with Crippen molar-refractivity contribution >= 4 is 27.1 Å². The fourth-order valence-electron chi connectivity index (χ4n) is 3.16. The summed E-state index contributed by atoms with van der Waals surface area (Å²) in [5.74, 6) is 1.06. The maximum Gasteiger partial charge on any atom is 0.228 e. The van der Waals surface area contributed by atoms with Gasteiger partial charge >= 0.3 is 0 Å². The van der Waals surface area contributed by atoms with Gasteiger partial charge in [-0.25, -0.2) is 13.4 Å². The molecule has 1 fully saturated rings. The zero-order valence-electron chi connectivity index (χ0n) is 16.8. The highest BCUT2D eigenvalue weighted by Gasteiger charge is 2.22. The largest absolute Gasteiger partial charge is 0.494 e. The molecule has 2 heterocycles. The molecule has 1 amide bonds. The van der Waals surface area contributed by atoms with E-state index >= 15 is 0 Å². The Morgan fingerprint density at radius 3 is 2.48 bits per heavy atom. The normalized spacial score (nSPS) is 15.4. The lowest BCUT2D eigenvalue weighted by Gasteiger charge is -2.34. The van der Waals surface area contributed by atoms with E-state index in [9.17, 15) is 13.2 Å². The summed E-state index contributed by atoms with van der Waals surface area (Å²) in [6, 6.07) is 7.80. The minimum absolute atomic E-state index is 0.0660. The third-order valence-corrected chi connectivity index (χ3v) is 6.66. The lowest BCUT2D eigenvalue weighted by atomic mass is 10.2.